The molecule has 0 bridgehead atoms. The fraction of sp³-hybridized carbons (Fsp3) is 0.154. The Bertz CT molecular complexity index is 586. The Hall–Kier alpha value is -1.70. The Morgan fingerprint density at radius 1 is 1.33 bits per heavy atom. The zero-order valence-electron chi connectivity index (χ0n) is 9.61. The van der Waals surface area contributed by atoms with Crippen LogP contribution in [0.1, 0.15) is 10.4 Å². The minimum absolute atomic E-state index is 0.499. The molecule has 0 fully saturated rings. The molecule has 0 radical (unpaired) electrons. The Kier molecular flexibility index (Phi) is 4.08. The summed E-state index contributed by atoms with van der Waals surface area (Å²) in [5.41, 5.74) is 7.57. The van der Waals surface area contributed by atoms with E-state index in [1.54, 1.807) is 23.5 Å². The van der Waals surface area contributed by atoms with Crippen LogP contribution in [0.4, 0.5) is 11.4 Å². The molecule has 0 aliphatic rings. The predicted octanol–water partition coefficient (Wildman–Crippen LogP) is 3.51. The molecule has 0 saturated heterocycles. The quantitative estimate of drug-likeness (QED) is 0.841. The molecule has 1 aromatic heterocycles. The average molecular weight is 278 g/mol. The summed E-state index contributed by atoms with van der Waals surface area (Å²) in [6, 6.07) is 11.4. The molecule has 5 heteroatoms. The molecule has 3 N–H and O–H groups in total. The van der Waals surface area contributed by atoms with Crippen LogP contribution in [0.5, 0.6) is 0 Å². The number of nitrogens with one attached hydrogen (secondary N) is 1. The number of nitrogens with two attached hydrogens (primary N) is 1. The van der Waals surface area contributed by atoms with E-state index in [9.17, 15) is 0 Å². The van der Waals surface area contributed by atoms with Gasteiger partial charge in [0.05, 0.1) is 9.90 Å². The Balaban J connectivity index is 1.93. The van der Waals surface area contributed by atoms with E-state index in [1.165, 1.54) is 4.88 Å². The molecule has 0 atom stereocenters. The van der Waals surface area contributed by atoms with E-state index in [2.05, 4.69) is 11.4 Å². The number of benzene rings is 1. The van der Waals surface area contributed by atoms with Crippen molar-refractivity contribution >= 4 is 34.3 Å². The first-order valence-electron chi connectivity index (χ1n) is 5.47. The summed E-state index contributed by atoms with van der Waals surface area (Å²) in [6.07, 6.45) is 0.906. The Labute approximate surface area is 115 Å². The molecule has 3 nitrogen and oxygen atoms in total. The number of hydrogen-bond acceptors (Lipinski definition) is 4. The van der Waals surface area contributed by atoms with Gasteiger partial charge in [0.1, 0.15) is 6.07 Å². The topological polar surface area (TPSA) is 61.8 Å². The zero-order chi connectivity index (χ0) is 13.0. The maximum absolute atomic E-state index is 8.88. The van der Waals surface area contributed by atoms with Crippen LogP contribution >= 0.6 is 22.9 Å². The van der Waals surface area contributed by atoms with E-state index in [0.29, 0.717) is 11.3 Å². The van der Waals surface area contributed by atoms with Gasteiger partial charge in [0.25, 0.3) is 0 Å². The molecular weight excluding hydrogens is 266 g/mol. The van der Waals surface area contributed by atoms with Crippen LogP contribution < -0.4 is 11.1 Å². The van der Waals surface area contributed by atoms with Crippen molar-refractivity contribution in [1.82, 2.24) is 0 Å². The molecule has 0 unspecified atom stereocenters. The van der Waals surface area contributed by atoms with E-state index in [0.717, 1.165) is 23.0 Å². The summed E-state index contributed by atoms with van der Waals surface area (Å²) in [4.78, 5) is 1.24. The van der Waals surface area contributed by atoms with E-state index in [-0.39, 0.29) is 0 Å². The number of rotatable bonds is 4. The molecular formula is C13H12ClN3S. The molecule has 18 heavy (non-hydrogen) atoms. The normalized spacial score (nSPS) is 10.0. The van der Waals surface area contributed by atoms with Gasteiger partial charge in [0, 0.05) is 22.8 Å². The van der Waals surface area contributed by atoms with Crippen LogP contribution in [-0.2, 0) is 6.42 Å². The van der Waals surface area contributed by atoms with Crippen LogP contribution in [0.2, 0.25) is 4.34 Å². The average Bonchev–Trinajstić information content (AvgIpc) is 2.77. The van der Waals surface area contributed by atoms with Crippen molar-refractivity contribution in [3.63, 3.8) is 0 Å². The van der Waals surface area contributed by atoms with E-state index in [1.807, 2.05) is 18.2 Å². The molecule has 2 rings (SSSR count). The molecule has 0 amide bonds. The molecule has 0 aliphatic carbocycles. The van der Waals surface area contributed by atoms with Crippen LogP contribution in [0.15, 0.2) is 30.3 Å². The highest BCUT2D eigenvalue weighted by Gasteiger charge is 2.01. The number of hydrogen-bond donors (Lipinski definition) is 2. The number of nitrogens with zero attached hydrogens (tertiary/aromatic N) is 1. The number of thiophene rings is 1. The number of nitriles is 1. The van der Waals surface area contributed by atoms with Crippen molar-refractivity contribution < 1.29 is 0 Å². The lowest BCUT2D eigenvalue weighted by Crippen LogP contribution is -2.04. The Morgan fingerprint density at radius 2 is 2.17 bits per heavy atom. The van der Waals surface area contributed by atoms with Crippen LogP contribution in [0.25, 0.3) is 0 Å². The maximum Gasteiger partial charge on any atom is 0.101 e. The second-order valence-corrected chi connectivity index (χ2v) is 5.60. The van der Waals surface area contributed by atoms with Gasteiger partial charge in [-0.15, -0.1) is 11.3 Å². The minimum Gasteiger partial charge on any atom is -0.398 e. The molecule has 2 aromatic rings. The zero-order valence-corrected chi connectivity index (χ0v) is 11.2. The second-order valence-electron chi connectivity index (χ2n) is 3.80. The predicted molar refractivity (Wildman–Crippen MR) is 77.1 cm³/mol. The van der Waals surface area contributed by atoms with Gasteiger partial charge in [-0.2, -0.15) is 5.26 Å². The van der Waals surface area contributed by atoms with Gasteiger partial charge in [-0.05, 0) is 36.8 Å². The molecule has 1 heterocycles. The van der Waals surface area contributed by atoms with Crippen molar-refractivity contribution in [3.05, 3.63) is 45.1 Å². The smallest absolute Gasteiger partial charge is 0.101 e. The lowest BCUT2D eigenvalue weighted by molar-refractivity contribution is 1.04. The molecule has 0 spiro atoms. The number of anilines is 2. The summed E-state index contributed by atoms with van der Waals surface area (Å²) in [5.74, 6) is 0. The molecule has 0 saturated carbocycles. The lowest BCUT2D eigenvalue weighted by atomic mass is 10.2. The standard InChI is InChI=1S/C13H12ClN3S/c14-13-4-2-11(18-13)5-6-17-10-1-3-12(16)9(7-10)8-15/h1-4,7,17H,5-6,16H2. The van der Waals surface area contributed by atoms with Crippen molar-refractivity contribution in [2.45, 2.75) is 6.42 Å². The third-order valence-corrected chi connectivity index (χ3v) is 3.79. The van der Waals surface area contributed by atoms with Crippen molar-refractivity contribution in [2.24, 2.45) is 0 Å². The van der Waals surface area contributed by atoms with Gasteiger partial charge in [0.2, 0.25) is 0 Å². The van der Waals surface area contributed by atoms with E-state index in [4.69, 9.17) is 22.6 Å². The molecule has 92 valence electrons. The SMILES string of the molecule is N#Cc1cc(NCCc2ccc(Cl)s2)ccc1N. The Morgan fingerprint density at radius 3 is 2.83 bits per heavy atom. The summed E-state index contributed by atoms with van der Waals surface area (Å²) in [6.45, 7) is 0.797. The van der Waals surface area contributed by atoms with Crippen LogP contribution in [0.3, 0.4) is 0 Å². The highest BCUT2D eigenvalue weighted by molar-refractivity contribution is 7.16. The maximum atomic E-state index is 8.88. The van der Waals surface area contributed by atoms with Gasteiger partial charge in [-0.25, -0.2) is 0 Å². The lowest BCUT2D eigenvalue weighted by Gasteiger charge is -2.06. The molecule has 1 aromatic carbocycles. The first-order valence-corrected chi connectivity index (χ1v) is 6.66. The fourth-order valence-electron chi connectivity index (χ4n) is 1.58. The monoisotopic (exact) mass is 277 g/mol. The second kappa shape index (κ2) is 5.76. The first-order chi connectivity index (χ1) is 8.69. The first kappa shape index (κ1) is 12.7. The third-order valence-electron chi connectivity index (χ3n) is 2.50. The summed E-state index contributed by atoms with van der Waals surface area (Å²) in [7, 11) is 0. The summed E-state index contributed by atoms with van der Waals surface area (Å²) < 4.78 is 0.809. The minimum atomic E-state index is 0.499. The van der Waals surface area contributed by atoms with E-state index < -0.39 is 0 Å². The number of nitrogen functional groups attached to an aromatic ring is 1. The van der Waals surface area contributed by atoms with Crippen molar-refractivity contribution in [3.8, 4) is 6.07 Å². The van der Waals surface area contributed by atoms with Crippen molar-refractivity contribution in [2.75, 3.05) is 17.6 Å². The largest absolute Gasteiger partial charge is 0.398 e. The van der Waals surface area contributed by atoms with Gasteiger partial charge in [-0.1, -0.05) is 11.6 Å². The van der Waals surface area contributed by atoms with Gasteiger partial charge in [-0.3, -0.25) is 0 Å². The van der Waals surface area contributed by atoms with Crippen molar-refractivity contribution in [1.29, 1.82) is 5.26 Å². The van der Waals surface area contributed by atoms with Gasteiger partial charge >= 0.3 is 0 Å². The molecule has 0 aliphatic heterocycles. The van der Waals surface area contributed by atoms with Crippen LogP contribution in [0, 0.1) is 11.3 Å². The fourth-order valence-corrected chi connectivity index (χ4v) is 2.67. The highest BCUT2D eigenvalue weighted by atomic mass is 35.5. The highest BCUT2D eigenvalue weighted by Crippen LogP contribution is 2.22. The van der Waals surface area contributed by atoms with Gasteiger partial charge < -0.3 is 11.1 Å². The van der Waals surface area contributed by atoms with E-state index >= 15 is 0 Å². The number of halogens is 1. The van der Waals surface area contributed by atoms with Crippen LogP contribution in [-0.4, -0.2) is 6.54 Å². The summed E-state index contributed by atoms with van der Waals surface area (Å²) in [5, 5.41) is 12.1. The van der Waals surface area contributed by atoms with Gasteiger partial charge in [0.15, 0.2) is 0 Å². The summed E-state index contributed by atoms with van der Waals surface area (Å²) >= 11 is 7.45. The third kappa shape index (κ3) is 3.16.